The Kier molecular flexibility index (Phi) is 4.29. The van der Waals surface area contributed by atoms with E-state index < -0.39 is 10.8 Å². The summed E-state index contributed by atoms with van der Waals surface area (Å²) < 4.78 is 17.0. The predicted octanol–water partition coefficient (Wildman–Crippen LogP) is 1.54. The lowest BCUT2D eigenvalue weighted by Gasteiger charge is -2.15. The smallest absolute Gasteiger partial charge is 0.118 e. The molecule has 3 atom stereocenters. The Labute approximate surface area is 93.1 Å². The average Bonchev–Trinajstić information content (AvgIpc) is 2.27. The van der Waals surface area contributed by atoms with Crippen molar-refractivity contribution in [2.45, 2.75) is 30.0 Å². The third-order valence-electron chi connectivity index (χ3n) is 2.37. The van der Waals surface area contributed by atoms with Gasteiger partial charge in [-0.3, -0.25) is 4.21 Å². The second-order valence-corrected chi connectivity index (χ2v) is 5.35. The molecule has 0 bridgehead atoms. The first-order valence-electron chi connectivity index (χ1n) is 4.86. The lowest BCUT2D eigenvalue weighted by Crippen LogP contribution is -2.32. The molecular weight excluding hydrogens is 210 g/mol. The molecule has 0 radical (unpaired) electrons. The number of rotatable bonds is 4. The van der Waals surface area contributed by atoms with E-state index in [1.165, 1.54) is 0 Å². The summed E-state index contributed by atoms with van der Waals surface area (Å²) in [6, 6.07) is 7.16. The molecule has 0 saturated carbocycles. The Morgan fingerprint density at radius 3 is 2.20 bits per heavy atom. The summed E-state index contributed by atoms with van der Waals surface area (Å²) >= 11 is 0. The maximum Gasteiger partial charge on any atom is 0.118 e. The first-order chi connectivity index (χ1) is 7.06. The van der Waals surface area contributed by atoms with Crippen molar-refractivity contribution in [3.63, 3.8) is 0 Å². The Bertz CT molecular complexity index is 335. The van der Waals surface area contributed by atoms with Crippen LogP contribution in [-0.2, 0) is 10.8 Å². The van der Waals surface area contributed by atoms with Crippen molar-refractivity contribution in [1.29, 1.82) is 0 Å². The van der Waals surface area contributed by atoms with Gasteiger partial charge in [0.15, 0.2) is 0 Å². The standard InChI is InChI=1S/C11H17NO2S/c1-8(12)9(2)15(13)11-6-4-10(14-3)5-7-11/h4-9H,12H2,1-3H3. The fourth-order valence-electron chi connectivity index (χ4n) is 1.12. The zero-order valence-electron chi connectivity index (χ0n) is 9.27. The molecule has 84 valence electrons. The number of benzene rings is 1. The molecule has 2 N–H and O–H groups in total. The first kappa shape index (κ1) is 12.2. The van der Waals surface area contributed by atoms with Gasteiger partial charge in [0.05, 0.1) is 23.2 Å². The van der Waals surface area contributed by atoms with Gasteiger partial charge in [0, 0.05) is 10.9 Å². The fraction of sp³-hybridized carbons (Fsp3) is 0.455. The molecule has 4 heteroatoms. The third kappa shape index (κ3) is 3.04. The van der Waals surface area contributed by atoms with Crippen LogP contribution in [0, 0.1) is 0 Å². The van der Waals surface area contributed by atoms with Crippen LogP contribution < -0.4 is 10.5 Å². The van der Waals surface area contributed by atoms with E-state index in [1.54, 1.807) is 19.2 Å². The van der Waals surface area contributed by atoms with Gasteiger partial charge >= 0.3 is 0 Å². The van der Waals surface area contributed by atoms with Gasteiger partial charge in [0.1, 0.15) is 5.75 Å². The zero-order chi connectivity index (χ0) is 11.4. The van der Waals surface area contributed by atoms with Crippen LogP contribution in [0.25, 0.3) is 0 Å². The second-order valence-electron chi connectivity index (χ2n) is 3.54. The molecule has 0 saturated heterocycles. The third-order valence-corrected chi connectivity index (χ3v) is 4.21. The van der Waals surface area contributed by atoms with Crippen LogP contribution in [0.1, 0.15) is 13.8 Å². The Morgan fingerprint density at radius 2 is 1.80 bits per heavy atom. The molecule has 1 rings (SSSR count). The van der Waals surface area contributed by atoms with Crippen LogP contribution in [0.2, 0.25) is 0 Å². The molecule has 3 nitrogen and oxygen atoms in total. The summed E-state index contributed by atoms with van der Waals surface area (Å²) in [6.45, 7) is 3.76. The van der Waals surface area contributed by atoms with Crippen LogP contribution in [0.15, 0.2) is 29.2 Å². The van der Waals surface area contributed by atoms with Crippen LogP contribution in [0.5, 0.6) is 5.75 Å². The van der Waals surface area contributed by atoms with Crippen molar-refractivity contribution in [2.24, 2.45) is 5.73 Å². The lowest BCUT2D eigenvalue weighted by molar-refractivity contribution is 0.414. The molecule has 1 aromatic carbocycles. The maximum absolute atomic E-state index is 12.0. The minimum absolute atomic E-state index is 0.0432. The van der Waals surface area contributed by atoms with Gasteiger partial charge in [-0.2, -0.15) is 0 Å². The van der Waals surface area contributed by atoms with E-state index in [0.29, 0.717) is 0 Å². The van der Waals surface area contributed by atoms with E-state index in [9.17, 15) is 4.21 Å². The molecule has 3 unspecified atom stereocenters. The first-order valence-corrected chi connectivity index (χ1v) is 6.07. The average molecular weight is 227 g/mol. The summed E-state index contributed by atoms with van der Waals surface area (Å²) in [5.41, 5.74) is 5.71. The van der Waals surface area contributed by atoms with Crippen molar-refractivity contribution < 1.29 is 8.95 Å². The van der Waals surface area contributed by atoms with Gasteiger partial charge in [-0.15, -0.1) is 0 Å². The monoisotopic (exact) mass is 227 g/mol. The van der Waals surface area contributed by atoms with Gasteiger partial charge in [-0.25, -0.2) is 0 Å². The molecular formula is C11H17NO2S. The molecule has 0 heterocycles. The summed E-state index contributed by atoms with van der Waals surface area (Å²) in [6.07, 6.45) is 0. The Balaban J connectivity index is 2.83. The molecule has 0 aliphatic rings. The molecule has 0 fully saturated rings. The van der Waals surface area contributed by atoms with Crippen molar-refractivity contribution >= 4 is 10.8 Å². The van der Waals surface area contributed by atoms with Gasteiger partial charge in [-0.1, -0.05) is 0 Å². The SMILES string of the molecule is COc1ccc(S(=O)C(C)C(C)N)cc1. The minimum Gasteiger partial charge on any atom is -0.497 e. The summed E-state index contributed by atoms with van der Waals surface area (Å²) in [4.78, 5) is 0.792. The van der Waals surface area contributed by atoms with Crippen LogP contribution in [0.4, 0.5) is 0 Å². The van der Waals surface area contributed by atoms with Gasteiger partial charge in [-0.05, 0) is 38.1 Å². The van der Waals surface area contributed by atoms with Crippen molar-refractivity contribution in [3.8, 4) is 5.75 Å². The van der Waals surface area contributed by atoms with E-state index in [0.717, 1.165) is 10.6 Å². The molecule has 1 aromatic rings. The van der Waals surface area contributed by atoms with Crippen LogP contribution in [-0.4, -0.2) is 22.6 Å². The molecule has 0 aliphatic carbocycles. The number of methoxy groups -OCH3 is 1. The topological polar surface area (TPSA) is 52.3 Å². The highest BCUT2D eigenvalue weighted by Gasteiger charge is 2.16. The fourth-order valence-corrected chi connectivity index (χ4v) is 2.34. The molecule has 0 aliphatic heterocycles. The normalized spacial score (nSPS) is 16.8. The summed E-state index contributed by atoms with van der Waals surface area (Å²) in [7, 11) is 0.559. The number of hydrogen-bond acceptors (Lipinski definition) is 3. The van der Waals surface area contributed by atoms with Gasteiger partial charge in [0.25, 0.3) is 0 Å². The quantitative estimate of drug-likeness (QED) is 0.849. The summed E-state index contributed by atoms with van der Waals surface area (Å²) in [5, 5.41) is -0.0432. The predicted molar refractivity (Wildman–Crippen MR) is 62.5 cm³/mol. The van der Waals surface area contributed by atoms with Crippen LogP contribution in [0.3, 0.4) is 0 Å². The van der Waals surface area contributed by atoms with Gasteiger partial charge < -0.3 is 10.5 Å². The van der Waals surface area contributed by atoms with Crippen LogP contribution >= 0.6 is 0 Å². The Morgan fingerprint density at radius 1 is 1.27 bits per heavy atom. The van der Waals surface area contributed by atoms with Crippen molar-refractivity contribution in [1.82, 2.24) is 0 Å². The minimum atomic E-state index is -1.05. The molecule has 15 heavy (non-hydrogen) atoms. The van der Waals surface area contributed by atoms with Gasteiger partial charge in [0.2, 0.25) is 0 Å². The number of nitrogens with two attached hydrogens (primary N) is 1. The highest BCUT2D eigenvalue weighted by Crippen LogP contribution is 2.17. The number of hydrogen-bond donors (Lipinski definition) is 1. The maximum atomic E-state index is 12.0. The highest BCUT2D eigenvalue weighted by atomic mass is 32.2. The van der Waals surface area contributed by atoms with E-state index in [4.69, 9.17) is 10.5 Å². The largest absolute Gasteiger partial charge is 0.497 e. The van der Waals surface area contributed by atoms with E-state index in [-0.39, 0.29) is 11.3 Å². The molecule has 0 spiro atoms. The molecule has 0 amide bonds. The molecule has 0 aromatic heterocycles. The number of ether oxygens (including phenoxy) is 1. The van der Waals surface area contributed by atoms with Crippen molar-refractivity contribution in [2.75, 3.05) is 7.11 Å². The van der Waals surface area contributed by atoms with E-state index >= 15 is 0 Å². The second kappa shape index (κ2) is 5.28. The highest BCUT2D eigenvalue weighted by molar-refractivity contribution is 7.85. The van der Waals surface area contributed by atoms with Crippen molar-refractivity contribution in [3.05, 3.63) is 24.3 Å². The van der Waals surface area contributed by atoms with E-state index in [2.05, 4.69) is 0 Å². The van der Waals surface area contributed by atoms with E-state index in [1.807, 2.05) is 26.0 Å². The Hall–Kier alpha value is -0.870. The lowest BCUT2D eigenvalue weighted by atomic mass is 10.3. The summed E-state index contributed by atoms with van der Waals surface area (Å²) in [5.74, 6) is 0.768. The zero-order valence-corrected chi connectivity index (χ0v) is 10.1.